The second-order valence-electron chi connectivity index (χ2n) is 10.7. The molecule has 0 radical (unpaired) electrons. The summed E-state index contributed by atoms with van der Waals surface area (Å²) in [5.74, 6) is -0.435. The van der Waals surface area contributed by atoms with Crippen LogP contribution in [0.5, 0.6) is 0 Å². The third-order valence-corrected chi connectivity index (χ3v) is 7.90. The Morgan fingerprint density at radius 3 is 2.21 bits per heavy atom. The Morgan fingerprint density at radius 2 is 1.65 bits per heavy atom. The number of halogens is 2. The third-order valence-electron chi connectivity index (χ3n) is 6.55. The average Bonchev–Trinajstić information content (AvgIpc) is 3.72. The van der Waals surface area contributed by atoms with Gasteiger partial charge in [-0.3, -0.25) is 10.1 Å². The summed E-state index contributed by atoms with van der Waals surface area (Å²) in [6, 6.07) is 18.9. The first-order chi connectivity index (χ1) is 20.5. The van der Waals surface area contributed by atoms with E-state index in [-0.39, 0.29) is 6.61 Å². The van der Waals surface area contributed by atoms with Crippen molar-refractivity contribution in [2.24, 2.45) is 5.92 Å². The van der Waals surface area contributed by atoms with Gasteiger partial charge in [-0.25, -0.2) is 9.18 Å². The fourth-order valence-electron chi connectivity index (χ4n) is 4.22. The molecule has 43 heavy (non-hydrogen) atoms. The quantitative estimate of drug-likeness (QED) is 0.214. The number of hydrogen-bond acceptors (Lipinski definition) is 5. The zero-order chi connectivity index (χ0) is 31.7. The lowest BCUT2D eigenvalue weighted by atomic mass is 9.93. The Hall–Kier alpha value is -3.75. The number of hydrogen-bond donors (Lipinski definition) is 2. The van der Waals surface area contributed by atoms with Crippen LogP contribution in [0.3, 0.4) is 0 Å². The lowest BCUT2D eigenvalue weighted by Crippen LogP contribution is -2.19. The van der Waals surface area contributed by atoms with Crippen LogP contribution in [-0.4, -0.2) is 21.5 Å². The van der Waals surface area contributed by atoms with Gasteiger partial charge in [0, 0.05) is 16.1 Å². The van der Waals surface area contributed by atoms with E-state index in [9.17, 15) is 14.7 Å². The molecule has 9 heteroatoms. The summed E-state index contributed by atoms with van der Waals surface area (Å²) in [5, 5.41) is 12.7. The Bertz CT molecular complexity index is 1550. The summed E-state index contributed by atoms with van der Waals surface area (Å²) in [6.07, 6.45) is 0.558. The van der Waals surface area contributed by atoms with E-state index in [0.717, 1.165) is 23.0 Å². The van der Waals surface area contributed by atoms with Gasteiger partial charge in [0.2, 0.25) is 0 Å². The van der Waals surface area contributed by atoms with Crippen molar-refractivity contribution in [2.75, 3.05) is 5.32 Å². The molecule has 2 N–H and O–H groups in total. The SMILES string of the molecule is CC.CC(C)C.Cc1nsc(-c2ccc(-c3ccc(C4(C(=O)O)CC4)cc3)c(F)c2)c1NC(=O)OCc1ccccc1Cl. The number of carboxylic acid groups (broad SMARTS) is 1. The van der Waals surface area contributed by atoms with Gasteiger partial charge in [0.25, 0.3) is 0 Å². The second-order valence-corrected chi connectivity index (χ2v) is 11.8. The van der Waals surface area contributed by atoms with E-state index >= 15 is 4.39 Å². The van der Waals surface area contributed by atoms with E-state index in [0.29, 0.717) is 56.4 Å². The van der Waals surface area contributed by atoms with Crippen molar-refractivity contribution < 1.29 is 23.8 Å². The Labute approximate surface area is 262 Å². The van der Waals surface area contributed by atoms with Crippen molar-refractivity contribution in [2.45, 2.75) is 66.4 Å². The van der Waals surface area contributed by atoms with Crippen LogP contribution < -0.4 is 5.32 Å². The number of rotatable bonds is 7. The fraction of sp³-hybridized carbons (Fsp3) is 0.324. The number of benzene rings is 3. The molecule has 4 aromatic rings. The van der Waals surface area contributed by atoms with E-state index in [2.05, 4.69) is 30.5 Å². The van der Waals surface area contributed by atoms with Crippen molar-refractivity contribution >= 4 is 40.9 Å². The van der Waals surface area contributed by atoms with Crippen LogP contribution >= 0.6 is 23.1 Å². The van der Waals surface area contributed by atoms with Gasteiger partial charge >= 0.3 is 12.1 Å². The van der Waals surface area contributed by atoms with Crippen molar-refractivity contribution in [1.82, 2.24) is 4.37 Å². The molecule has 0 saturated heterocycles. The Morgan fingerprint density at radius 1 is 1.05 bits per heavy atom. The number of carbonyl (C=O) groups excluding carboxylic acids is 1. The highest BCUT2D eigenvalue weighted by molar-refractivity contribution is 7.10. The predicted octanol–water partition coefficient (Wildman–Crippen LogP) is 10.1. The monoisotopic (exact) mass is 624 g/mol. The number of aliphatic carboxylic acids is 1. The van der Waals surface area contributed by atoms with E-state index in [4.69, 9.17) is 16.3 Å². The maximum Gasteiger partial charge on any atom is 0.412 e. The second kappa shape index (κ2) is 15.1. The number of anilines is 1. The molecule has 1 saturated carbocycles. The fourth-order valence-corrected chi connectivity index (χ4v) is 5.25. The summed E-state index contributed by atoms with van der Waals surface area (Å²) in [4.78, 5) is 24.6. The number of amides is 1. The van der Waals surface area contributed by atoms with Gasteiger partial charge < -0.3 is 9.84 Å². The highest BCUT2D eigenvalue weighted by atomic mass is 35.5. The summed E-state index contributed by atoms with van der Waals surface area (Å²) in [6.45, 7) is 12.3. The van der Waals surface area contributed by atoms with Gasteiger partial charge in [0.05, 0.1) is 21.7 Å². The first-order valence-electron chi connectivity index (χ1n) is 14.3. The molecule has 1 aromatic heterocycles. The molecular weight excluding hydrogens is 587 g/mol. The van der Waals surface area contributed by atoms with Crippen LogP contribution in [0.25, 0.3) is 21.6 Å². The van der Waals surface area contributed by atoms with Gasteiger partial charge in [-0.2, -0.15) is 4.37 Å². The van der Waals surface area contributed by atoms with Crippen LogP contribution in [0.4, 0.5) is 14.9 Å². The Kier molecular flexibility index (Phi) is 11.9. The molecular formula is C34H38ClFN2O4S. The predicted molar refractivity (Wildman–Crippen MR) is 173 cm³/mol. The maximum absolute atomic E-state index is 15.2. The number of carbonyl (C=O) groups is 2. The normalized spacial score (nSPS) is 12.8. The van der Waals surface area contributed by atoms with Crippen LogP contribution in [-0.2, 0) is 21.6 Å². The standard InChI is InChI=1S/C28H22ClFN2O4S.C4H10.C2H6/c1-16-24(31-27(35)36-15-19-4-2-3-5-22(19)29)25(37-32-16)18-8-11-21(23(30)14-18)17-6-9-20(10-7-17)28(12-13-28)26(33)34;1-4(2)3;1-2/h2-11,14H,12-13,15H2,1H3,(H,31,35)(H,33,34);4H,1-3H3;1-2H3. The van der Waals surface area contributed by atoms with E-state index in [1.807, 2.05) is 13.8 Å². The van der Waals surface area contributed by atoms with Gasteiger partial charge in [-0.05, 0) is 66.0 Å². The number of nitrogens with zero attached hydrogens (tertiary/aromatic N) is 1. The first kappa shape index (κ1) is 33.7. The van der Waals surface area contributed by atoms with E-state index in [1.54, 1.807) is 67.6 Å². The molecule has 1 fully saturated rings. The van der Waals surface area contributed by atoms with Gasteiger partial charge in [-0.15, -0.1) is 0 Å². The van der Waals surface area contributed by atoms with Crippen molar-refractivity contribution in [3.63, 3.8) is 0 Å². The molecule has 0 unspecified atom stereocenters. The smallest absolute Gasteiger partial charge is 0.412 e. The van der Waals surface area contributed by atoms with Crippen LogP contribution in [0.1, 0.15) is 64.3 Å². The van der Waals surface area contributed by atoms with Crippen LogP contribution in [0.15, 0.2) is 66.7 Å². The molecule has 0 bridgehead atoms. The minimum Gasteiger partial charge on any atom is -0.481 e. The molecule has 6 nitrogen and oxygen atoms in total. The molecule has 1 heterocycles. The molecule has 0 spiro atoms. The third kappa shape index (κ3) is 8.42. The average molecular weight is 625 g/mol. The topological polar surface area (TPSA) is 88.5 Å². The zero-order valence-corrected chi connectivity index (χ0v) is 26.9. The van der Waals surface area contributed by atoms with E-state index in [1.165, 1.54) is 6.07 Å². The van der Waals surface area contributed by atoms with Gasteiger partial charge in [-0.1, -0.05) is 101 Å². The molecule has 5 rings (SSSR count). The van der Waals surface area contributed by atoms with Gasteiger partial charge in [0.1, 0.15) is 12.4 Å². The first-order valence-corrected chi connectivity index (χ1v) is 15.4. The lowest BCUT2D eigenvalue weighted by Gasteiger charge is -2.12. The number of ether oxygens (including phenoxy) is 1. The van der Waals surface area contributed by atoms with Crippen molar-refractivity contribution in [3.05, 3.63) is 94.4 Å². The number of carboxylic acids is 1. The molecule has 3 aromatic carbocycles. The van der Waals surface area contributed by atoms with Crippen molar-refractivity contribution in [3.8, 4) is 21.6 Å². The lowest BCUT2D eigenvalue weighted by molar-refractivity contribution is -0.140. The minimum atomic E-state index is -0.826. The maximum atomic E-state index is 15.2. The summed E-state index contributed by atoms with van der Waals surface area (Å²) in [7, 11) is 0. The number of nitrogens with one attached hydrogen (secondary N) is 1. The molecule has 1 aliphatic carbocycles. The highest BCUT2D eigenvalue weighted by Gasteiger charge is 2.51. The summed E-state index contributed by atoms with van der Waals surface area (Å²) in [5.41, 5.74) is 3.26. The molecule has 0 aliphatic heterocycles. The van der Waals surface area contributed by atoms with Gasteiger partial charge in [0.15, 0.2) is 0 Å². The number of aryl methyl sites for hydroxylation is 1. The summed E-state index contributed by atoms with van der Waals surface area (Å²) < 4.78 is 24.8. The Balaban J connectivity index is 0.000000780. The molecule has 1 amide bonds. The highest BCUT2D eigenvalue weighted by Crippen LogP contribution is 2.48. The summed E-state index contributed by atoms with van der Waals surface area (Å²) >= 11 is 7.27. The largest absolute Gasteiger partial charge is 0.481 e. The molecule has 228 valence electrons. The molecule has 0 atom stereocenters. The van der Waals surface area contributed by atoms with E-state index < -0.39 is 23.3 Å². The van der Waals surface area contributed by atoms with Crippen molar-refractivity contribution in [1.29, 1.82) is 0 Å². The minimum absolute atomic E-state index is 0.00710. The number of aromatic nitrogens is 1. The van der Waals surface area contributed by atoms with Crippen LogP contribution in [0.2, 0.25) is 5.02 Å². The van der Waals surface area contributed by atoms with Crippen LogP contribution in [0, 0.1) is 18.7 Å². The molecule has 1 aliphatic rings. The zero-order valence-electron chi connectivity index (χ0n) is 25.3.